The molecule has 0 saturated carbocycles. The van der Waals surface area contributed by atoms with E-state index in [1.807, 2.05) is 26.0 Å². The molecule has 1 aromatic carbocycles. The zero-order valence-electron chi connectivity index (χ0n) is 11.8. The summed E-state index contributed by atoms with van der Waals surface area (Å²) in [5.41, 5.74) is 2.34. The lowest BCUT2D eigenvalue weighted by molar-refractivity contribution is 0.114. The first-order chi connectivity index (χ1) is 9.08. The summed E-state index contributed by atoms with van der Waals surface area (Å²) in [5.74, 6) is 0.258. The summed E-state index contributed by atoms with van der Waals surface area (Å²) in [6.45, 7) is 6.06. The Hall–Kier alpha value is -1.55. The van der Waals surface area contributed by atoms with Crippen LogP contribution in [-0.2, 0) is 11.2 Å². The fourth-order valence-corrected chi connectivity index (χ4v) is 1.90. The summed E-state index contributed by atoms with van der Waals surface area (Å²) >= 11 is 0. The molecule has 0 radical (unpaired) electrons. The molecule has 1 unspecified atom stereocenters. The van der Waals surface area contributed by atoms with Crippen molar-refractivity contribution < 1.29 is 14.6 Å². The minimum Gasteiger partial charge on any atom is -0.447 e. The predicted octanol–water partition coefficient (Wildman–Crippen LogP) is 2.66. The maximum absolute atomic E-state index is 11.6. The predicted molar refractivity (Wildman–Crippen MR) is 75.0 cm³/mol. The first-order valence-electron chi connectivity index (χ1n) is 6.71. The Labute approximate surface area is 114 Å². The molecule has 1 atom stereocenters. The number of nitrogens with one attached hydrogen (secondary N) is 1. The summed E-state index contributed by atoms with van der Waals surface area (Å²) in [4.78, 5) is 11.6. The van der Waals surface area contributed by atoms with Gasteiger partial charge in [-0.25, -0.2) is 4.79 Å². The third-order valence-electron chi connectivity index (χ3n) is 3.01. The van der Waals surface area contributed by atoms with Crippen LogP contribution in [-0.4, -0.2) is 24.4 Å². The van der Waals surface area contributed by atoms with E-state index >= 15 is 0 Å². The second-order valence-corrected chi connectivity index (χ2v) is 4.82. The normalized spacial score (nSPS) is 12.3. The Kier molecular flexibility index (Phi) is 6.36. The minimum atomic E-state index is -0.493. The monoisotopic (exact) mass is 265 g/mol. The molecule has 0 aromatic heterocycles. The molecule has 0 aliphatic heterocycles. The zero-order valence-corrected chi connectivity index (χ0v) is 11.8. The van der Waals surface area contributed by atoms with Gasteiger partial charge in [0, 0.05) is 0 Å². The fourth-order valence-electron chi connectivity index (χ4n) is 1.90. The maximum Gasteiger partial charge on any atom is 0.407 e. The molecular formula is C15H23NO3. The Bertz CT molecular complexity index is 387. The molecule has 4 heteroatoms. The molecule has 106 valence electrons. The third-order valence-corrected chi connectivity index (χ3v) is 3.01. The fraction of sp³-hybridized carbons (Fsp3) is 0.533. The van der Waals surface area contributed by atoms with Crippen molar-refractivity contribution in [3.63, 3.8) is 0 Å². The van der Waals surface area contributed by atoms with Gasteiger partial charge in [0.2, 0.25) is 0 Å². The minimum absolute atomic E-state index is 0.0193. The van der Waals surface area contributed by atoms with Crippen molar-refractivity contribution in [1.29, 1.82) is 0 Å². The van der Waals surface area contributed by atoms with Gasteiger partial charge >= 0.3 is 6.09 Å². The first-order valence-corrected chi connectivity index (χ1v) is 6.71. The third kappa shape index (κ3) is 4.91. The number of carbonyl (C=O) groups is 1. The summed E-state index contributed by atoms with van der Waals surface area (Å²) < 4.78 is 4.84. The standard InChI is InChI=1S/C15H23NO3/c1-4-12-5-7-13(8-6-12)14(11(2)3)16-15(18)19-10-9-17/h5-8,11,14,17H,4,9-10H2,1-3H3,(H,16,18). The molecular weight excluding hydrogens is 242 g/mol. The van der Waals surface area contributed by atoms with E-state index in [-0.39, 0.29) is 25.2 Å². The molecule has 4 nitrogen and oxygen atoms in total. The highest BCUT2D eigenvalue weighted by atomic mass is 16.6. The highest BCUT2D eigenvalue weighted by Gasteiger charge is 2.18. The van der Waals surface area contributed by atoms with Gasteiger partial charge < -0.3 is 15.2 Å². The number of alkyl carbamates (subject to hydrolysis) is 1. The number of hydrogen-bond donors (Lipinski definition) is 2. The Morgan fingerprint density at radius 3 is 2.42 bits per heavy atom. The van der Waals surface area contributed by atoms with Gasteiger partial charge in [0.05, 0.1) is 12.6 Å². The molecule has 1 amide bonds. The maximum atomic E-state index is 11.6. The average molecular weight is 265 g/mol. The first kappa shape index (κ1) is 15.5. The SMILES string of the molecule is CCc1ccc(C(NC(=O)OCCO)C(C)C)cc1. The second-order valence-electron chi connectivity index (χ2n) is 4.82. The molecule has 0 saturated heterocycles. The van der Waals surface area contributed by atoms with Crippen LogP contribution in [0.4, 0.5) is 4.79 Å². The van der Waals surface area contributed by atoms with Gasteiger partial charge in [-0.3, -0.25) is 0 Å². The molecule has 0 aliphatic rings. The van der Waals surface area contributed by atoms with E-state index in [1.165, 1.54) is 5.56 Å². The van der Waals surface area contributed by atoms with Gasteiger partial charge in [-0.05, 0) is 23.5 Å². The quantitative estimate of drug-likeness (QED) is 0.831. The number of ether oxygens (including phenoxy) is 1. The van der Waals surface area contributed by atoms with Crippen LogP contribution >= 0.6 is 0 Å². The summed E-state index contributed by atoms with van der Waals surface area (Å²) in [6.07, 6.45) is 0.505. The van der Waals surface area contributed by atoms with Crippen LogP contribution in [0.3, 0.4) is 0 Å². The average Bonchev–Trinajstić information content (AvgIpc) is 2.42. The smallest absolute Gasteiger partial charge is 0.407 e. The zero-order chi connectivity index (χ0) is 14.3. The van der Waals surface area contributed by atoms with Gasteiger partial charge in [-0.2, -0.15) is 0 Å². The molecule has 1 rings (SSSR count). The van der Waals surface area contributed by atoms with E-state index in [2.05, 4.69) is 24.4 Å². The van der Waals surface area contributed by atoms with Gasteiger partial charge in [0.15, 0.2) is 0 Å². The number of benzene rings is 1. The molecule has 0 heterocycles. The number of aliphatic hydroxyl groups is 1. The molecule has 0 aliphatic carbocycles. The van der Waals surface area contributed by atoms with Gasteiger partial charge in [0.1, 0.15) is 6.61 Å². The van der Waals surface area contributed by atoms with Crippen molar-refractivity contribution in [1.82, 2.24) is 5.32 Å². The molecule has 0 bridgehead atoms. The van der Waals surface area contributed by atoms with Crippen LogP contribution in [0.15, 0.2) is 24.3 Å². The van der Waals surface area contributed by atoms with E-state index < -0.39 is 6.09 Å². The van der Waals surface area contributed by atoms with E-state index in [0.29, 0.717) is 0 Å². The van der Waals surface area contributed by atoms with Gasteiger partial charge in [0.25, 0.3) is 0 Å². The van der Waals surface area contributed by atoms with Crippen molar-refractivity contribution in [3.05, 3.63) is 35.4 Å². The van der Waals surface area contributed by atoms with Crippen LogP contribution in [0.1, 0.15) is 37.9 Å². The van der Waals surface area contributed by atoms with Crippen LogP contribution in [0, 0.1) is 5.92 Å². The summed E-state index contributed by atoms with van der Waals surface area (Å²) in [5, 5.41) is 11.5. The van der Waals surface area contributed by atoms with E-state index in [0.717, 1.165) is 12.0 Å². The highest BCUT2D eigenvalue weighted by Crippen LogP contribution is 2.22. The number of aryl methyl sites for hydroxylation is 1. The van der Waals surface area contributed by atoms with Crippen molar-refractivity contribution >= 4 is 6.09 Å². The molecule has 0 spiro atoms. The lowest BCUT2D eigenvalue weighted by Crippen LogP contribution is -2.32. The summed E-state index contributed by atoms with van der Waals surface area (Å²) in [6, 6.07) is 8.14. The van der Waals surface area contributed by atoms with Crippen molar-refractivity contribution in [2.75, 3.05) is 13.2 Å². The topological polar surface area (TPSA) is 58.6 Å². The Morgan fingerprint density at radius 1 is 1.32 bits per heavy atom. The van der Waals surface area contributed by atoms with Crippen LogP contribution in [0.2, 0.25) is 0 Å². The molecule has 19 heavy (non-hydrogen) atoms. The highest BCUT2D eigenvalue weighted by molar-refractivity contribution is 5.68. The van der Waals surface area contributed by atoms with Gasteiger partial charge in [-0.1, -0.05) is 45.0 Å². The Morgan fingerprint density at radius 2 is 1.95 bits per heavy atom. The van der Waals surface area contributed by atoms with E-state index in [1.54, 1.807) is 0 Å². The van der Waals surface area contributed by atoms with E-state index in [4.69, 9.17) is 9.84 Å². The van der Waals surface area contributed by atoms with E-state index in [9.17, 15) is 4.79 Å². The van der Waals surface area contributed by atoms with Crippen LogP contribution in [0.25, 0.3) is 0 Å². The lowest BCUT2D eigenvalue weighted by Gasteiger charge is -2.22. The van der Waals surface area contributed by atoms with Crippen molar-refractivity contribution in [3.8, 4) is 0 Å². The Balaban J connectivity index is 2.73. The number of rotatable bonds is 6. The second kappa shape index (κ2) is 7.79. The largest absolute Gasteiger partial charge is 0.447 e. The van der Waals surface area contributed by atoms with Crippen molar-refractivity contribution in [2.24, 2.45) is 5.92 Å². The van der Waals surface area contributed by atoms with Gasteiger partial charge in [-0.15, -0.1) is 0 Å². The summed E-state index contributed by atoms with van der Waals surface area (Å²) in [7, 11) is 0. The molecule has 0 fully saturated rings. The number of amides is 1. The number of hydrogen-bond acceptors (Lipinski definition) is 3. The molecule has 2 N–H and O–H groups in total. The van der Waals surface area contributed by atoms with Crippen molar-refractivity contribution in [2.45, 2.75) is 33.2 Å². The lowest BCUT2D eigenvalue weighted by atomic mass is 9.95. The van der Waals surface area contributed by atoms with Crippen LogP contribution < -0.4 is 5.32 Å². The molecule has 1 aromatic rings. The number of aliphatic hydroxyl groups excluding tert-OH is 1. The van der Waals surface area contributed by atoms with Crippen LogP contribution in [0.5, 0.6) is 0 Å². The number of carbonyl (C=O) groups excluding carboxylic acids is 1.